The monoisotopic (exact) mass is 338 g/mol. The van der Waals surface area contributed by atoms with Crippen LogP contribution in [-0.2, 0) is 0 Å². The number of carbonyl (C=O) groups is 1. The number of benzene rings is 1. The molecule has 0 radical (unpaired) electrons. The Hall–Kier alpha value is -1.20. The first-order chi connectivity index (χ1) is 8.90. The first-order valence-corrected chi connectivity index (χ1v) is 7.47. The summed E-state index contributed by atoms with van der Waals surface area (Å²) in [5.74, 6) is 0.0427. The number of nitrogens with zero attached hydrogens (tertiary/aromatic N) is 1. The molecule has 0 fully saturated rings. The molecule has 2 aromatic rings. The van der Waals surface area contributed by atoms with Crippen LogP contribution in [0.3, 0.4) is 0 Å². The number of hydrogen-bond acceptors (Lipinski definition) is 4. The van der Waals surface area contributed by atoms with Crippen molar-refractivity contribution in [2.45, 2.75) is 27.7 Å². The molecule has 3 nitrogen and oxygen atoms in total. The van der Waals surface area contributed by atoms with Crippen LogP contribution in [0.2, 0.25) is 0 Å². The normalized spacial score (nSPS) is 10.6. The van der Waals surface area contributed by atoms with Gasteiger partial charge in [0, 0.05) is 10.2 Å². The average Bonchev–Trinajstić information content (AvgIpc) is 2.64. The van der Waals surface area contributed by atoms with E-state index in [0.717, 1.165) is 32.0 Å². The van der Waals surface area contributed by atoms with E-state index in [0.29, 0.717) is 5.56 Å². The first kappa shape index (κ1) is 14.2. The fourth-order valence-corrected chi connectivity index (χ4v) is 3.63. The molecule has 0 aliphatic rings. The number of aryl methyl sites for hydroxylation is 3. The third kappa shape index (κ3) is 2.87. The Kier molecular flexibility index (Phi) is 4.06. The van der Waals surface area contributed by atoms with E-state index in [-0.39, 0.29) is 5.78 Å². The molecule has 1 N–H and O–H groups in total. The zero-order valence-electron chi connectivity index (χ0n) is 11.3. The Balaban J connectivity index is 2.45. The molecule has 0 aliphatic heterocycles. The largest absolute Gasteiger partial charge is 0.345 e. The van der Waals surface area contributed by atoms with Gasteiger partial charge in [0.1, 0.15) is 5.00 Å². The molecule has 2 rings (SSSR count). The summed E-state index contributed by atoms with van der Waals surface area (Å²) in [5.41, 5.74) is 4.77. The Morgan fingerprint density at radius 3 is 2.37 bits per heavy atom. The Labute approximate surface area is 125 Å². The van der Waals surface area contributed by atoms with E-state index in [2.05, 4.69) is 37.8 Å². The van der Waals surface area contributed by atoms with Gasteiger partial charge >= 0.3 is 0 Å². The fraction of sp³-hybridized carbons (Fsp3) is 0.286. The molecule has 0 bridgehead atoms. The molecule has 0 unspecified atom stereocenters. The highest BCUT2D eigenvalue weighted by Gasteiger charge is 2.16. The Morgan fingerprint density at radius 2 is 1.84 bits per heavy atom. The summed E-state index contributed by atoms with van der Waals surface area (Å²) < 4.78 is 5.32. The molecule has 0 atom stereocenters. The topological polar surface area (TPSA) is 42.0 Å². The van der Waals surface area contributed by atoms with Crippen LogP contribution in [0.5, 0.6) is 0 Å². The number of hydrogen-bond donors (Lipinski definition) is 1. The third-order valence-electron chi connectivity index (χ3n) is 2.95. The van der Waals surface area contributed by atoms with Crippen molar-refractivity contribution in [1.82, 2.24) is 4.37 Å². The quantitative estimate of drug-likeness (QED) is 0.819. The van der Waals surface area contributed by atoms with E-state index in [1.807, 2.05) is 20.8 Å². The van der Waals surface area contributed by atoms with Crippen LogP contribution in [0.15, 0.2) is 16.6 Å². The van der Waals surface area contributed by atoms with Crippen LogP contribution in [0.25, 0.3) is 0 Å². The second kappa shape index (κ2) is 5.43. The number of aromatic nitrogens is 1. The molecule has 100 valence electrons. The van der Waals surface area contributed by atoms with E-state index in [9.17, 15) is 4.79 Å². The SMILES string of the molecule is CC(=O)c1c(C)nsc1Nc1c(C)cc(Br)cc1C. The number of anilines is 2. The number of Topliss-reactive ketones (excluding diaryl/α,β-unsaturated/α-hetero) is 1. The lowest BCUT2D eigenvalue weighted by atomic mass is 10.1. The van der Waals surface area contributed by atoms with Gasteiger partial charge in [-0.1, -0.05) is 15.9 Å². The van der Waals surface area contributed by atoms with Crippen molar-refractivity contribution < 1.29 is 4.79 Å². The van der Waals surface area contributed by atoms with E-state index >= 15 is 0 Å². The van der Waals surface area contributed by atoms with Crippen LogP contribution in [0.4, 0.5) is 10.7 Å². The van der Waals surface area contributed by atoms with E-state index in [1.54, 1.807) is 6.92 Å². The Morgan fingerprint density at radius 1 is 1.26 bits per heavy atom. The van der Waals surface area contributed by atoms with Gasteiger partial charge in [0.15, 0.2) is 5.78 Å². The predicted octanol–water partition coefficient (Wildman–Crippen LogP) is 4.78. The van der Waals surface area contributed by atoms with Gasteiger partial charge < -0.3 is 5.32 Å². The minimum Gasteiger partial charge on any atom is -0.345 e. The second-order valence-corrected chi connectivity index (χ2v) is 6.26. The van der Waals surface area contributed by atoms with E-state index in [1.165, 1.54) is 11.5 Å². The molecule has 0 saturated heterocycles. The number of carbonyl (C=O) groups excluding carboxylic acids is 1. The third-order valence-corrected chi connectivity index (χ3v) is 4.26. The summed E-state index contributed by atoms with van der Waals surface area (Å²) in [4.78, 5) is 11.7. The molecule has 0 saturated carbocycles. The van der Waals surface area contributed by atoms with Crippen molar-refractivity contribution in [3.63, 3.8) is 0 Å². The maximum absolute atomic E-state index is 11.7. The van der Waals surface area contributed by atoms with Crippen molar-refractivity contribution in [3.8, 4) is 0 Å². The maximum atomic E-state index is 11.7. The summed E-state index contributed by atoms with van der Waals surface area (Å²) in [6, 6.07) is 4.10. The Bertz CT molecular complexity index is 626. The molecule has 1 heterocycles. The zero-order valence-corrected chi connectivity index (χ0v) is 13.7. The second-order valence-electron chi connectivity index (χ2n) is 4.57. The number of halogens is 1. The molecule has 0 aliphatic carbocycles. The lowest BCUT2D eigenvalue weighted by Gasteiger charge is -2.12. The molecule has 0 amide bonds. The van der Waals surface area contributed by atoms with Gasteiger partial charge in [-0.25, -0.2) is 0 Å². The molecular weight excluding hydrogens is 324 g/mol. The molecule has 5 heteroatoms. The first-order valence-electron chi connectivity index (χ1n) is 5.91. The molecular formula is C14H15BrN2OS. The van der Waals surface area contributed by atoms with Crippen LogP contribution >= 0.6 is 27.5 Å². The summed E-state index contributed by atoms with van der Waals surface area (Å²) in [5, 5.41) is 4.17. The van der Waals surface area contributed by atoms with Crippen LogP contribution < -0.4 is 5.32 Å². The maximum Gasteiger partial charge on any atom is 0.164 e. The van der Waals surface area contributed by atoms with Crippen LogP contribution in [0, 0.1) is 20.8 Å². The summed E-state index contributed by atoms with van der Waals surface area (Å²) >= 11 is 4.81. The molecule has 1 aromatic heterocycles. The minimum absolute atomic E-state index is 0.0427. The van der Waals surface area contributed by atoms with Crippen molar-refractivity contribution in [2.75, 3.05) is 5.32 Å². The average molecular weight is 339 g/mol. The van der Waals surface area contributed by atoms with Crippen molar-refractivity contribution in [2.24, 2.45) is 0 Å². The smallest absolute Gasteiger partial charge is 0.164 e. The highest BCUT2D eigenvalue weighted by Crippen LogP contribution is 2.32. The highest BCUT2D eigenvalue weighted by molar-refractivity contribution is 9.10. The van der Waals surface area contributed by atoms with Crippen LogP contribution in [0.1, 0.15) is 34.1 Å². The number of ketones is 1. The van der Waals surface area contributed by atoms with Gasteiger partial charge in [0.05, 0.1) is 11.3 Å². The predicted molar refractivity (Wildman–Crippen MR) is 83.8 cm³/mol. The van der Waals surface area contributed by atoms with Gasteiger partial charge in [0.2, 0.25) is 0 Å². The van der Waals surface area contributed by atoms with E-state index < -0.39 is 0 Å². The van der Waals surface area contributed by atoms with Crippen molar-refractivity contribution in [3.05, 3.63) is 39.0 Å². The zero-order chi connectivity index (χ0) is 14.2. The fourth-order valence-electron chi connectivity index (χ4n) is 2.09. The highest BCUT2D eigenvalue weighted by atomic mass is 79.9. The van der Waals surface area contributed by atoms with E-state index in [4.69, 9.17) is 0 Å². The lowest BCUT2D eigenvalue weighted by Crippen LogP contribution is -2.01. The van der Waals surface area contributed by atoms with Crippen molar-refractivity contribution >= 4 is 43.9 Å². The van der Waals surface area contributed by atoms with Crippen molar-refractivity contribution in [1.29, 1.82) is 0 Å². The summed E-state index contributed by atoms with van der Waals surface area (Å²) in [6.07, 6.45) is 0. The van der Waals surface area contributed by atoms with Crippen LogP contribution in [-0.4, -0.2) is 10.2 Å². The van der Waals surface area contributed by atoms with Gasteiger partial charge in [-0.3, -0.25) is 4.79 Å². The molecule has 19 heavy (non-hydrogen) atoms. The lowest BCUT2D eigenvalue weighted by molar-refractivity contribution is 0.101. The van der Waals surface area contributed by atoms with Gasteiger partial charge in [-0.05, 0) is 62.5 Å². The van der Waals surface area contributed by atoms with Gasteiger partial charge in [-0.15, -0.1) is 0 Å². The van der Waals surface area contributed by atoms with Gasteiger partial charge in [-0.2, -0.15) is 4.37 Å². The number of nitrogens with one attached hydrogen (secondary N) is 1. The molecule has 1 aromatic carbocycles. The summed E-state index contributed by atoms with van der Waals surface area (Å²) in [6.45, 7) is 7.52. The summed E-state index contributed by atoms with van der Waals surface area (Å²) in [7, 11) is 0. The molecule has 0 spiro atoms. The standard InChI is InChI=1S/C14H15BrN2OS/c1-7-5-11(15)6-8(2)13(7)16-14-12(10(4)18)9(3)17-19-14/h5-6,16H,1-4H3. The number of rotatable bonds is 3. The minimum atomic E-state index is 0.0427. The van der Waals surface area contributed by atoms with Gasteiger partial charge in [0.25, 0.3) is 0 Å².